The van der Waals surface area contributed by atoms with Crippen LogP contribution in [0.2, 0.25) is 0 Å². The number of ether oxygens (including phenoxy) is 1. The summed E-state index contributed by atoms with van der Waals surface area (Å²) in [7, 11) is 0. The predicted octanol–water partition coefficient (Wildman–Crippen LogP) is 5.17. The number of nitrogens with zero attached hydrogens (tertiary/aromatic N) is 1. The van der Waals surface area contributed by atoms with E-state index in [1.165, 1.54) is 18.2 Å². The number of halogens is 6. The summed E-state index contributed by atoms with van der Waals surface area (Å²) in [5.74, 6) is -6.03. The monoisotopic (exact) mass is 431 g/mol. The quantitative estimate of drug-likeness (QED) is 0.381. The molecule has 0 N–H and O–H groups in total. The number of hydrogen-bond acceptors (Lipinski definition) is 4. The fraction of sp³-hybridized carbons (Fsp3) is 0.300. The topological polar surface area (TPSA) is 47.9 Å². The van der Waals surface area contributed by atoms with Gasteiger partial charge in [0.2, 0.25) is 0 Å². The summed E-state index contributed by atoms with van der Waals surface area (Å²) in [4.78, 5) is 16.6. The lowest BCUT2D eigenvalue weighted by Crippen LogP contribution is -2.43. The Morgan fingerprint density at radius 1 is 1.17 bits per heavy atom. The molecule has 1 aliphatic heterocycles. The van der Waals surface area contributed by atoms with Crippen LogP contribution < -0.4 is 0 Å². The molecule has 0 bridgehead atoms. The van der Waals surface area contributed by atoms with Crippen LogP contribution in [-0.4, -0.2) is 24.5 Å². The Kier molecular flexibility index (Phi) is 5.53. The zero-order chi connectivity index (χ0) is 22.3. The van der Waals surface area contributed by atoms with E-state index in [0.29, 0.717) is 5.56 Å². The molecular formula is C20H15F6NO3. The van der Waals surface area contributed by atoms with Crippen molar-refractivity contribution in [2.24, 2.45) is 5.16 Å². The number of oxime groups is 1. The van der Waals surface area contributed by atoms with Gasteiger partial charge < -0.3 is 9.57 Å². The maximum absolute atomic E-state index is 13.9. The van der Waals surface area contributed by atoms with Gasteiger partial charge in [0.1, 0.15) is 0 Å². The molecule has 2 aromatic carbocycles. The molecular weight excluding hydrogens is 416 g/mol. The number of rotatable bonds is 4. The van der Waals surface area contributed by atoms with Gasteiger partial charge in [-0.3, -0.25) is 0 Å². The third-order valence-corrected chi connectivity index (χ3v) is 4.69. The van der Waals surface area contributed by atoms with Crippen molar-refractivity contribution in [3.63, 3.8) is 0 Å². The molecule has 10 heteroatoms. The molecule has 0 aliphatic carbocycles. The average molecular weight is 431 g/mol. The van der Waals surface area contributed by atoms with Crippen LogP contribution in [0.4, 0.5) is 26.3 Å². The number of aryl methyl sites for hydroxylation is 1. The zero-order valence-electron chi connectivity index (χ0n) is 15.7. The van der Waals surface area contributed by atoms with Crippen LogP contribution in [0.15, 0.2) is 35.5 Å². The van der Waals surface area contributed by atoms with Crippen molar-refractivity contribution in [2.45, 2.75) is 32.0 Å². The highest BCUT2D eigenvalue weighted by Crippen LogP contribution is 2.49. The van der Waals surface area contributed by atoms with Crippen LogP contribution in [0.5, 0.6) is 0 Å². The van der Waals surface area contributed by atoms with Crippen molar-refractivity contribution in [2.75, 3.05) is 6.61 Å². The minimum absolute atomic E-state index is 0.152. The summed E-state index contributed by atoms with van der Waals surface area (Å²) in [5.41, 5.74) is -3.43. The second-order valence-electron chi connectivity index (χ2n) is 6.63. The second kappa shape index (κ2) is 7.66. The van der Waals surface area contributed by atoms with Crippen molar-refractivity contribution in [3.05, 3.63) is 70.0 Å². The van der Waals surface area contributed by atoms with E-state index in [1.54, 1.807) is 13.8 Å². The highest BCUT2D eigenvalue weighted by molar-refractivity contribution is 6.03. The lowest BCUT2D eigenvalue weighted by Gasteiger charge is -2.29. The first-order valence-electron chi connectivity index (χ1n) is 8.75. The Bertz CT molecular complexity index is 1010. The molecule has 160 valence electrons. The number of carbonyl (C=O) groups is 1. The molecule has 0 saturated heterocycles. The maximum Gasteiger partial charge on any atom is 0.435 e. The van der Waals surface area contributed by atoms with E-state index in [-0.39, 0.29) is 35.6 Å². The summed E-state index contributed by atoms with van der Waals surface area (Å²) < 4.78 is 87.0. The lowest BCUT2D eigenvalue weighted by atomic mass is 9.86. The largest absolute Gasteiger partial charge is 0.462 e. The molecule has 0 amide bonds. The standard InChI is InChI=1S/C20H15F6NO3/c1-3-29-18(28)13-5-4-11(6-10(13)2)16-9-19(30-27-16,20(24,25)26)12-7-14(21)17(23)15(22)8-12/h4-8H,3,9H2,1-2H3. The minimum Gasteiger partial charge on any atom is -0.462 e. The van der Waals surface area contributed by atoms with E-state index in [1.807, 2.05) is 0 Å². The number of carbonyl (C=O) groups excluding carboxylic acids is 1. The van der Waals surface area contributed by atoms with Gasteiger partial charge in [-0.1, -0.05) is 11.2 Å². The zero-order valence-corrected chi connectivity index (χ0v) is 15.7. The molecule has 0 saturated carbocycles. The highest BCUT2D eigenvalue weighted by Gasteiger charge is 2.62. The molecule has 1 heterocycles. The summed E-state index contributed by atoms with van der Waals surface area (Å²) in [6, 6.07) is 4.63. The van der Waals surface area contributed by atoms with Gasteiger partial charge in [-0.15, -0.1) is 0 Å². The Labute approximate surface area is 167 Å². The summed E-state index contributed by atoms with van der Waals surface area (Å²) >= 11 is 0. The Balaban J connectivity index is 1.99. The van der Waals surface area contributed by atoms with Crippen molar-refractivity contribution in [1.29, 1.82) is 0 Å². The summed E-state index contributed by atoms with van der Waals surface area (Å²) in [6.45, 7) is 3.34. The number of esters is 1. The van der Waals surface area contributed by atoms with Gasteiger partial charge in [0.15, 0.2) is 17.5 Å². The molecule has 30 heavy (non-hydrogen) atoms. The molecule has 2 aromatic rings. The van der Waals surface area contributed by atoms with Crippen LogP contribution in [0.3, 0.4) is 0 Å². The predicted molar refractivity (Wildman–Crippen MR) is 93.4 cm³/mol. The average Bonchev–Trinajstić information content (AvgIpc) is 3.12. The van der Waals surface area contributed by atoms with Crippen molar-refractivity contribution in [3.8, 4) is 0 Å². The molecule has 4 nitrogen and oxygen atoms in total. The van der Waals surface area contributed by atoms with Crippen LogP contribution in [0, 0.1) is 24.4 Å². The van der Waals surface area contributed by atoms with Crippen molar-refractivity contribution >= 4 is 11.7 Å². The van der Waals surface area contributed by atoms with Gasteiger partial charge >= 0.3 is 12.1 Å². The lowest BCUT2D eigenvalue weighted by molar-refractivity contribution is -0.276. The van der Waals surface area contributed by atoms with Crippen LogP contribution in [0.25, 0.3) is 0 Å². The number of alkyl halides is 3. The molecule has 0 spiro atoms. The summed E-state index contributed by atoms with van der Waals surface area (Å²) in [5, 5.41) is 3.48. The molecule has 3 rings (SSSR count). The normalized spacial score (nSPS) is 18.7. The van der Waals surface area contributed by atoms with E-state index in [4.69, 9.17) is 4.74 Å². The highest BCUT2D eigenvalue weighted by atomic mass is 19.4. The SMILES string of the molecule is CCOC(=O)c1ccc(C2=NOC(c3cc(F)c(F)c(F)c3)(C(F)(F)F)C2)cc1C. The summed E-state index contributed by atoms with van der Waals surface area (Å²) in [6.07, 6.45) is -6.02. The van der Waals surface area contributed by atoms with Gasteiger partial charge in [-0.2, -0.15) is 13.2 Å². The molecule has 1 atom stereocenters. The van der Waals surface area contributed by atoms with E-state index >= 15 is 0 Å². The van der Waals surface area contributed by atoms with Crippen LogP contribution >= 0.6 is 0 Å². The van der Waals surface area contributed by atoms with Gasteiger partial charge in [-0.05, 0) is 49.2 Å². The van der Waals surface area contributed by atoms with Crippen molar-refractivity contribution < 1.29 is 40.7 Å². The van der Waals surface area contributed by atoms with Crippen LogP contribution in [-0.2, 0) is 15.2 Å². The third-order valence-electron chi connectivity index (χ3n) is 4.69. The Morgan fingerprint density at radius 2 is 1.80 bits per heavy atom. The fourth-order valence-electron chi connectivity index (χ4n) is 3.13. The molecule has 0 aromatic heterocycles. The van der Waals surface area contributed by atoms with Gasteiger partial charge in [0.05, 0.1) is 17.9 Å². The van der Waals surface area contributed by atoms with Gasteiger partial charge in [0, 0.05) is 12.0 Å². The Morgan fingerprint density at radius 3 is 2.33 bits per heavy atom. The maximum atomic E-state index is 13.9. The molecule has 1 unspecified atom stereocenters. The van der Waals surface area contributed by atoms with Gasteiger partial charge in [0.25, 0.3) is 5.60 Å². The number of benzene rings is 2. The van der Waals surface area contributed by atoms with E-state index in [0.717, 1.165) is 0 Å². The molecule has 1 aliphatic rings. The first-order valence-corrected chi connectivity index (χ1v) is 8.75. The van der Waals surface area contributed by atoms with E-state index in [2.05, 4.69) is 9.99 Å². The van der Waals surface area contributed by atoms with Crippen molar-refractivity contribution in [1.82, 2.24) is 0 Å². The third kappa shape index (κ3) is 3.61. The number of hydrogen-bond donors (Lipinski definition) is 0. The Hall–Kier alpha value is -3.04. The fourth-order valence-corrected chi connectivity index (χ4v) is 3.13. The molecule has 0 radical (unpaired) electrons. The smallest absolute Gasteiger partial charge is 0.435 e. The van der Waals surface area contributed by atoms with Gasteiger partial charge in [-0.25, -0.2) is 18.0 Å². The van der Waals surface area contributed by atoms with E-state index < -0.39 is 47.2 Å². The molecule has 0 fully saturated rings. The van der Waals surface area contributed by atoms with E-state index in [9.17, 15) is 31.1 Å². The second-order valence-corrected chi connectivity index (χ2v) is 6.63. The first kappa shape index (κ1) is 21.7. The van der Waals surface area contributed by atoms with Crippen LogP contribution in [0.1, 0.15) is 40.4 Å². The minimum atomic E-state index is -5.12. The first-order chi connectivity index (χ1) is 14.0.